The molecule has 0 bridgehead atoms. The summed E-state index contributed by atoms with van der Waals surface area (Å²) in [5, 5.41) is 18.4. The number of aliphatic hydroxyl groups excluding tert-OH is 1. The van der Waals surface area contributed by atoms with Gasteiger partial charge in [-0.2, -0.15) is 5.10 Å². The summed E-state index contributed by atoms with van der Waals surface area (Å²) in [6.45, 7) is 6.51. The van der Waals surface area contributed by atoms with Gasteiger partial charge in [-0.1, -0.05) is 29.3 Å². The van der Waals surface area contributed by atoms with Gasteiger partial charge in [0.2, 0.25) is 0 Å². The van der Waals surface area contributed by atoms with Crippen molar-refractivity contribution in [2.45, 2.75) is 39.6 Å². The Morgan fingerprint density at radius 3 is 2.76 bits per heavy atom. The minimum atomic E-state index is -0.644. The Bertz CT molecular complexity index is 1430. The van der Waals surface area contributed by atoms with E-state index in [9.17, 15) is 5.11 Å². The highest BCUT2D eigenvalue weighted by atomic mass is 35.5. The molecule has 4 aromatic rings. The summed E-state index contributed by atoms with van der Waals surface area (Å²) >= 11 is 13.3. The Hall–Kier alpha value is -3.24. The number of aromatic nitrogens is 5. The summed E-state index contributed by atoms with van der Waals surface area (Å²) in [5.74, 6) is 1.77. The highest BCUT2D eigenvalue weighted by Crippen LogP contribution is 2.38. The second-order valence-electron chi connectivity index (χ2n) is 9.13. The highest BCUT2D eigenvalue weighted by molar-refractivity contribution is 6.33. The van der Waals surface area contributed by atoms with E-state index in [1.54, 1.807) is 31.4 Å². The molecule has 1 aromatic carbocycles. The van der Waals surface area contributed by atoms with E-state index in [2.05, 4.69) is 26.4 Å². The summed E-state index contributed by atoms with van der Waals surface area (Å²) in [6.07, 6.45) is 2.80. The fourth-order valence-corrected chi connectivity index (χ4v) is 5.04. The van der Waals surface area contributed by atoms with E-state index in [-0.39, 0.29) is 6.61 Å². The maximum atomic E-state index is 10.1. The Morgan fingerprint density at radius 2 is 2.00 bits per heavy atom. The summed E-state index contributed by atoms with van der Waals surface area (Å²) < 4.78 is 7.66. The number of likely N-dealkylation sites (N-methyl/N-ethyl adjacent to an activating group) is 1. The zero-order valence-corrected chi connectivity index (χ0v) is 23.0. The first-order valence-corrected chi connectivity index (χ1v) is 13.2. The minimum Gasteiger partial charge on any atom is -0.491 e. The van der Waals surface area contributed by atoms with E-state index in [0.29, 0.717) is 59.1 Å². The molecule has 3 aromatic heterocycles. The van der Waals surface area contributed by atoms with Gasteiger partial charge in [-0.25, -0.2) is 9.97 Å². The lowest BCUT2D eigenvalue weighted by molar-refractivity contribution is 0.108. The first-order chi connectivity index (χ1) is 18.4. The van der Waals surface area contributed by atoms with E-state index >= 15 is 0 Å². The molecule has 1 aliphatic rings. The van der Waals surface area contributed by atoms with Crippen molar-refractivity contribution in [3.05, 3.63) is 69.6 Å². The lowest BCUT2D eigenvalue weighted by Crippen LogP contribution is -2.29. The van der Waals surface area contributed by atoms with Crippen molar-refractivity contribution < 1.29 is 9.84 Å². The van der Waals surface area contributed by atoms with Crippen LogP contribution in [0.5, 0.6) is 5.75 Å². The SMILES string of the molecule is CCn1ncc(Cl)c1-c1nc(-c2cc(OCC(O)CNC)ccc2Cl)nc(N2Cc3cccnc3C2)c1C. The molecule has 0 radical (unpaired) electrons. The zero-order valence-electron chi connectivity index (χ0n) is 21.4. The van der Waals surface area contributed by atoms with Gasteiger partial charge in [0.15, 0.2) is 5.82 Å². The number of aliphatic hydroxyl groups is 1. The third-order valence-corrected chi connectivity index (χ3v) is 7.09. The Morgan fingerprint density at radius 1 is 1.16 bits per heavy atom. The molecule has 0 amide bonds. The number of hydrogen-bond donors (Lipinski definition) is 2. The molecular formula is C27H29Cl2N7O2. The van der Waals surface area contributed by atoms with Crippen LogP contribution in [0, 0.1) is 6.92 Å². The number of nitrogens with one attached hydrogen (secondary N) is 1. The molecule has 9 nitrogen and oxygen atoms in total. The lowest BCUT2D eigenvalue weighted by atomic mass is 10.1. The van der Waals surface area contributed by atoms with E-state index in [1.807, 2.05) is 30.8 Å². The Labute approximate surface area is 231 Å². The first kappa shape index (κ1) is 26.4. The molecular weight excluding hydrogens is 525 g/mol. The van der Waals surface area contributed by atoms with Crippen molar-refractivity contribution >= 4 is 29.0 Å². The van der Waals surface area contributed by atoms with Crippen molar-refractivity contribution in [3.8, 4) is 28.5 Å². The van der Waals surface area contributed by atoms with E-state index in [0.717, 1.165) is 22.8 Å². The van der Waals surface area contributed by atoms with E-state index < -0.39 is 6.10 Å². The van der Waals surface area contributed by atoms with Crippen LogP contribution >= 0.6 is 23.2 Å². The number of rotatable bonds is 9. The van der Waals surface area contributed by atoms with Crippen molar-refractivity contribution in [3.63, 3.8) is 0 Å². The Balaban J connectivity index is 1.61. The number of aryl methyl sites for hydroxylation is 1. The number of anilines is 1. The fourth-order valence-electron chi connectivity index (χ4n) is 4.60. The maximum Gasteiger partial charge on any atom is 0.163 e. The van der Waals surface area contributed by atoms with Gasteiger partial charge in [-0.3, -0.25) is 9.67 Å². The van der Waals surface area contributed by atoms with Crippen LogP contribution in [-0.2, 0) is 19.6 Å². The predicted octanol–water partition coefficient (Wildman–Crippen LogP) is 4.52. The molecule has 0 saturated heterocycles. The number of fused-ring (bicyclic) bond motifs is 1. The first-order valence-electron chi connectivity index (χ1n) is 12.4. The molecule has 1 unspecified atom stereocenters. The van der Waals surface area contributed by atoms with Crippen molar-refractivity contribution in [2.75, 3.05) is 25.1 Å². The largest absolute Gasteiger partial charge is 0.491 e. The maximum absolute atomic E-state index is 10.1. The molecule has 5 rings (SSSR count). The van der Waals surface area contributed by atoms with Gasteiger partial charge in [0.25, 0.3) is 0 Å². The van der Waals surface area contributed by atoms with Crippen molar-refractivity contribution in [1.82, 2.24) is 30.0 Å². The molecule has 1 aliphatic heterocycles. The second-order valence-corrected chi connectivity index (χ2v) is 9.95. The van der Waals surface area contributed by atoms with Gasteiger partial charge in [0.1, 0.15) is 30.0 Å². The monoisotopic (exact) mass is 553 g/mol. The number of nitrogens with zero attached hydrogens (tertiary/aromatic N) is 6. The van der Waals surface area contributed by atoms with Crippen LogP contribution in [0.3, 0.4) is 0 Å². The zero-order chi connectivity index (χ0) is 26.8. The van der Waals surface area contributed by atoms with Gasteiger partial charge in [0, 0.05) is 37.0 Å². The van der Waals surface area contributed by atoms with Crippen molar-refractivity contribution in [2.24, 2.45) is 0 Å². The van der Waals surface area contributed by atoms with Gasteiger partial charge < -0.3 is 20.1 Å². The molecule has 0 spiro atoms. The number of pyridine rings is 1. The molecule has 1 atom stereocenters. The topological polar surface area (TPSA) is 101 Å². The van der Waals surface area contributed by atoms with Crippen LogP contribution < -0.4 is 15.0 Å². The van der Waals surface area contributed by atoms with Crippen LogP contribution in [0.2, 0.25) is 10.0 Å². The molecule has 4 heterocycles. The number of hydrogen-bond acceptors (Lipinski definition) is 8. The summed E-state index contributed by atoms with van der Waals surface area (Å²) in [5.41, 5.74) is 5.11. The number of halogens is 2. The molecule has 38 heavy (non-hydrogen) atoms. The average Bonchev–Trinajstić information content (AvgIpc) is 3.51. The molecule has 0 aliphatic carbocycles. The van der Waals surface area contributed by atoms with Crippen LogP contribution in [0.15, 0.2) is 42.7 Å². The standard InChI is InChI=1S/C27H29Cl2N7O2/c1-4-36-25(22(29)12-32-36)24-16(2)27(35-13-17-6-5-9-31-23(17)14-35)34-26(33-24)20-10-19(7-8-21(20)28)38-15-18(37)11-30-3/h5-10,12,18,30,37H,4,11,13-15H2,1-3H3. The molecule has 11 heteroatoms. The van der Waals surface area contributed by atoms with Crippen LogP contribution in [0.1, 0.15) is 23.7 Å². The molecule has 0 saturated carbocycles. The molecule has 2 N–H and O–H groups in total. The normalized spacial score (nSPS) is 13.6. The van der Waals surface area contributed by atoms with Crippen LogP contribution in [0.4, 0.5) is 5.82 Å². The predicted molar refractivity (Wildman–Crippen MR) is 149 cm³/mol. The number of benzene rings is 1. The smallest absolute Gasteiger partial charge is 0.163 e. The van der Waals surface area contributed by atoms with Crippen LogP contribution in [0.25, 0.3) is 22.8 Å². The highest BCUT2D eigenvalue weighted by Gasteiger charge is 2.27. The Kier molecular flexibility index (Phi) is 7.80. The molecule has 198 valence electrons. The lowest BCUT2D eigenvalue weighted by Gasteiger charge is -2.22. The summed E-state index contributed by atoms with van der Waals surface area (Å²) in [7, 11) is 1.78. The van der Waals surface area contributed by atoms with Crippen LogP contribution in [-0.4, -0.2) is 56.1 Å². The molecule has 0 fully saturated rings. The van der Waals surface area contributed by atoms with Gasteiger partial charge in [-0.15, -0.1) is 0 Å². The summed E-state index contributed by atoms with van der Waals surface area (Å²) in [6, 6.07) is 9.35. The fraction of sp³-hybridized carbons (Fsp3) is 0.333. The minimum absolute atomic E-state index is 0.136. The number of ether oxygens (including phenoxy) is 1. The summed E-state index contributed by atoms with van der Waals surface area (Å²) in [4.78, 5) is 16.7. The van der Waals surface area contributed by atoms with E-state index in [1.165, 1.54) is 5.56 Å². The third kappa shape index (κ3) is 5.19. The quantitative estimate of drug-likeness (QED) is 0.312. The van der Waals surface area contributed by atoms with E-state index in [4.69, 9.17) is 37.9 Å². The van der Waals surface area contributed by atoms with Gasteiger partial charge in [-0.05, 0) is 50.7 Å². The van der Waals surface area contributed by atoms with Gasteiger partial charge >= 0.3 is 0 Å². The van der Waals surface area contributed by atoms with Gasteiger partial charge in [0.05, 0.1) is 34.2 Å². The third-order valence-electron chi connectivity index (χ3n) is 6.49. The average molecular weight is 554 g/mol. The van der Waals surface area contributed by atoms with Crippen molar-refractivity contribution in [1.29, 1.82) is 0 Å². The second kappa shape index (κ2) is 11.2.